The van der Waals surface area contributed by atoms with Gasteiger partial charge >= 0.3 is 0 Å². The molecule has 0 atom stereocenters. The Balaban J connectivity index is 1.74. The van der Waals surface area contributed by atoms with E-state index in [4.69, 9.17) is 5.73 Å². The highest BCUT2D eigenvalue weighted by atomic mass is 15.1. The topological polar surface area (TPSA) is 29.3 Å². The van der Waals surface area contributed by atoms with E-state index in [1.54, 1.807) is 5.57 Å². The molecule has 1 heterocycles. The van der Waals surface area contributed by atoms with Gasteiger partial charge in [0.25, 0.3) is 0 Å². The van der Waals surface area contributed by atoms with Gasteiger partial charge in [-0.1, -0.05) is 30.9 Å². The van der Waals surface area contributed by atoms with Crippen LogP contribution in [0.15, 0.2) is 11.6 Å². The van der Waals surface area contributed by atoms with Crippen LogP contribution in [0.1, 0.15) is 51.9 Å². The fourth-order valence-corrected chi connectivity index (χ4v) is 2.90. The molecule has 0 bridgehead atoms. The van der Waals surface area contributed by atoms with Gasteiger partial charge in [-0.25, -0.2) is 0 Å². The van der Waals surface area contributed by atoms with Gasteiger partial charge in [0.15, 0.2) is 0 Å². The number of hydrogen-bond donors (Lipinski definition) is 1. The molecule has 2 nitrogen and oxygen atoms in total. The third-order valence-electron chi connectivity index (χ3n) is 4.30. The summed E-state index contributed by atoms with van der Waals surface area (Å²) in [6, 6.07) is 0. The normalized spacial score (nSPS) is 26.5. The van der Waals surface area contributed by atoms with Crippen molar-refractivity contribution in [2.45, 2.75) is 57.4 Å². The largest absolute Gasteiger partial charge is 0.325 e. The van der Waals surface area contributed by atoms with E-state index in [2.05, 4.69) is 17.9 Å². The molecule has 1 saturated carbocycles. The summed E-state index contributed by atoms with van der Waals surface area (Å²) in [5, 5.41) is 0. The van der Waals surface area contributed by atoms with Crippen LogP contribution in [-0.2, 0) is 0 Å². The van der Waals surface area contributed by atoms with Gasteiger partial charge in [-0.15, -0.1) is 0 Å². The lowest BCUT2D eigenvalue weighted by molar-refractivity contribution is 0.216. The predicted molar refractivity (Wildman–Crippen MR) is 69.4 cm³/mol. The van der Waals surface area contributed by atoms with Gasteiger partial charge in [0.05, 0.1) is 0 Å². The standard InChI is InChI=1S/C14H26N2/c1-13-5-10-16(11-6-13)12-9-14(15)7-3-2-4-8-14/h5H,2-4,6-12,15H2,1H3. The average Bonchev–Trinajstić information content (AvgIpc) is 2.29. The van der Waals surface area contributed by atoms with Crippen molar-refractivity contribution in [2.24, 2.45) is 5.73 Å². The number of rotatable bonds is 3. The van der Waals surface area contributed by atoms with Crippen LogP contribution in [0.3, 0.4) is 0 Å². The molecule has 1 aliphatic heterocycles. The summed E-state index contributed by atoms with van der Waals surface area (Å²) in [6.45, 7) is 5.81. The van der Waals surface area contributed by atoms with E-state index < -0.39 is 0 Å². The van der Waals surface area contributed by atoms with Gasteiger partial charge in [0.2, 0.25) is 0 Å². The molecule has 1 aliphatic carbocycles. The Hall–Kier alpha value is -0.340. The van der Waals surface area contributed by atoms with Gasteiger partial charge in [-0.05, 0) is 32.6 Å². The first kappa shape index (κ1) is 12.1. The van der Waals surface area contributed by atoms with Crippen molar-refractivity contribution in [3.8, 4) is 0 Å². The quantitative estimate of drug-likeness (QED) is 0.744. The van der Waals surface area contributed by atoms with Crippen molar-refractivity contribution in [1.82, 2.24) is 4.90 Å². The molecule has 2 aliphatic rings. The summed E-state index contributed by atoms with van der Waals surface area (Å²) in [5.41, 5.74) is 8.17. The Bertz CT molecular complexity index is 251. The summed E-state index contributed by atoms with van der Waals surface area (Å²) in [5.74, 6) is 0. The molecular formula is C14H26N2. The molecule has 0 aromatic heterocycles. The zero-order valence-electron chi connectivity index (χ0n) is 10.7. The fraction of sp³-hybridized carbons (Fsp3) is 0.857. The third kappa shape index (κ3) is 3.33. The van der Waals surface area contributed by atoms with Crippen LogP contribution < -0.4 is 5.73 Å². The number of hydrogen-bond acceptors (Lipinski definition) is 2. The van der Waals surface area contributed by atoms with E-state index in [0.29, 0.717) is 0 Å². The van der Waals surface area contributed by atoms with Crippen molar-refractivity contribution in [3.05, 3.63) is 11.6 Å². The van der Waals surface area contributed by atoms with Crippen LogP contribution in [0.25, 0.3) is 0 Å². The number of nitrogens with zero attached hydrogens (tertiary/aromatic N) is 1. The first-order valence-electron chi connectivity index (χ1n) is 6.85. The zero-order valence-corrected chi connectivity index (χ0v) is 10.7. The highest BCUT2D eigenvalue weighted by Crippen LogP contribution is 2.29. The number of nitrogens with two attached hydrogens (primary N) is 1. The Labute approximate surface area is 99.9 Å². The van der Waals surface area contributed by atoms with Gasteiger partial charge in [-0.3, -0.25) is 4.90 Å². The van der Waals surface area contributed by atoms with E-state index in [9.17, 15) is 0 Å². The Morgan fingerprint density at radius 1 is 1.31 bits per heavy atom. The van der Waals surface area contributed by atoms with E-state index in [-0.39, 0.29) is 5.54 Å². The van der Waals surface area contributed by atoms with E-state index in [1.165, 1.54) is 58.0 Å². The van der Waals surface area contributed by atoms with Crippen molar-refractivity contribution < 1.29 is 0 Å². The zero-order chi connectivity index (χ0) is 11.4. The maximum atomic E-state index is 6.46. The van der Waals surface area contributed by atoms with Crippen molar-refractivity contribution in [1.29, 1.82) is 0 Å². The molecule has 1 fully saturated rings. The summed E-state index contributed by atoms with van der Waals surface area (Å²) >= 11 is 0. The van der Waals surface area contributed by atoms with Crippen LogP contribution in [-0.4, -0.2) is 30.1 Å². The molecular weight excluding hydrogens is 196 g/mol. The minimum atomic E-state index is 0.161. The average molecular weight is 222 g/mol. The lowest BCUT2D eigenvalue weighted by Crippen LogP contribution is -2.45. The minimum absolute atomic E-state index is 0.161. The molecule has 92 valence electrons. The van der Waals surface area contributed by atoms with Crippen LogP contribution in [0.4, 0.5) is 0 Å². The minimum Gasteiger partial charge on any atom is -0.325 e. The van der Waals surface area contributed by atoms with Gasteiger partial charge < -0.3 is 5.73 Å². The second-order valence-electron chi connectivity index (χ2n) is 5.77. The summed E-state index contributed by atoms with van der Waals surface area (Å²) in [6.07, 6.45) is 11.4. The first-order valence-corrected chi connectivity index (χ1v) is 6.85. The van der Waals surface area contributed by atoms with Crippen LogP contribution >= 0.6 is 0 Å². The van der Waals surface area contributed by atoms with Gasteiger partial charge in [-0.2, -0.15) is 0 Å². The fourth-order valence-electron chi connectivity index (χ4n) is 2.90. The molecule has 2 rings (SSSR count). The lowest BCUT2D eigenvalue weighted by atomic mass is 9.80. The highest BCUT2D eigenvalue weighted by Gasteiger charge is 2.27. The molecule has 2 heteroatoms. The lowest BCUT2D eigenvalue weighted by Gasteiger charge is -2.36. The maximum Gasteiger partial charge on any atom is 0.0166 e. The van der Waals surface area contributed by atoms with Crippen LogP contribution in [0, 0.1) is 0 Å². The smallest absolute Gasteiger partial charge is 0.0166 e. The first-order chi connectivity index (χ1) is 7.68. The SMILES string of the molecule is CC1=CCN(CCC2(N)CCCCC2)CC1. The van der Waals surface area contributed by atoms with Crippen molar-refractivity contribution >= 4 is 0 Å². The van der Waals surface area contributed by atoms with E-state index in [1.807, 2.05) is 0 Å². The Kier molecular flexibility index (Phi) is 4.04. The molecule has 0 amide bonds. The maximum absolute atomic E-state index is 6.46. The van der Waals surface area contributed by atoms with Crippen LogP contribution in [0.5, 0.6) is 0 Å². The van der Waals surface area contributed by atoms with Gasteiger partial charge in [0.1, 0.15) is 0 Å². The molecule has 0 saturated heterocycles. The summed E-state index contributed by atoms with van der Waals surface area (Å²) < 4.78 is 0. The molecule has 0 aromatic carbocycles. The molecule has 0 unspecified atom stereocenters. The van der Waals surface area contributed by atoms with Crippen molar-refractivity contribution in [2.75, 3.05) is 19.6 Å². The van der Waals surface area contributed by atoms with E-state index in [0.717, 1.165) is 6.54 Å². The molecule has 0 radical (unpaired) electrons. The van der Waals surface area contributed by atoms with Crippen LogP contribution in [0.2, 0.25) is 0 Å². The predicted octanol–water partition coefficient (Wildman–Crippen LogP) is 2.69. The second-order valence-corrected chi connectivity index (χ2v) is 5.77. The summed E-state index contributed by atoms with van der Waals surface area (Å²) in [7, 11) is 0. The van der Waals surface area contributed by atoms with Gasteiger partial charge in [0, 0.05) is 25.2 Å². The Morgan fingerprint density at radius 2 is 2.06 bits per heavy atom. The van der Waals surface area contributed by atoms with Crippen molar-refractivity contribution in [3.63, 3.8) is 0 Å². The monoisotopic (exact) mass is 222 g/mol. The molecule has 0 spiro atoms. The molecule has 2 N–H and O–H groups in total. The highest BCUT2D eigenvalue weighted by molar-refractivity contribution is 5.04. The molecule has 16 heavy (non-hydrogen) atoms. The summed E-state index contributed by atoms with van der Waals surface area (Å²) in [4.78, 5) is 2.55. The molecule has 0 aromatic rings. The Morgan fingerprint density at radius 3 is 2.69 bits per heavy atom. The second kappa shape index (κ2) is 5.33. The third-order valence-corrected chi connectivity index (χ3v) is 4.30. The van der Waals surface area contributed by atoms with E-state index >= 15 is 0 Å².